The number of anilines is 1. The lowest BCUT2D eigenvalue weighted by Crippen LogP contribution is -2.23. The summed E-state index contributed by atoms with van der Waals surface area (Å²) in [4.78, 5) is 17.2. The van der Waals surface area contributed by atoms with Crippen molar-refractivity contribution >= 4 is 34.8 Å². The number of hydrogen-bond donors (Lipinski definition) is 2. The molecule has 2 aromatic rings. The first-order valence-electron chi connectivity index (χ1n) is 7.46. The molecule has 0 radical (unpaired) electrons. The molecule has 1 fully saturated rings. The Kier molecular flexibility index (Phi) is 6.26. The second kappa shape index (κ2) is 8.00. The average molecular weight is 374 g/mol. The summed E-state index contributed by atoms with van der Waals surface area (Å²) in [6.45, 7) is 0. The first-order chi connectivity index (χ1) is 11.0. The third-order valence-corrected chi connectivity index (χ3v) is 4.90. The van der Waals surface area contributed by atoms with Gasteiger partial charge < -0.3 is 11.1 Å². The number of halogens is 3. The Morgan fingerprint density at radius 1 is 1.33 bits per heavy atom. The first kappa shape index (κ1) is 18.8. The van der Waals surface area contributed by atoms with Crippen LogP contribution in [-0.4, -0.2) is 16.9 Å². The molecule has 130 valence electrons. The van der Waals surface area contributed by atoms with Crippen LogP contribution in [0.2, 0.25) is 0 Å². The van der Waals surface area contributed by atoms with E-state index >= 15 is 0 Å². The summed E-state index contributed by atoms with van der Waals surface area (Å²) >= 11 is 1.34. The predicted molar refractivity (Wildman–Crippen MR) is 92.5 cm³/mol. The van der Waals surface area contributed by atoms with Crippen molar-refractivity contribution in [3.05, 3.63) is 46.5 Å². The normalized spacial score (nSPS) is 19.8. The zero-order valence-electron chi connectivity index (χ0n) is 12.8. The van der Waals surface area contributed by atoms with Gasteiger partial charge in [-0.25, -0.2) is 13.8 Å². The Bertz CT molecular complexity index is 725. The summed E-state index contributed by atoms with van der Waals surface area (Å²) in [6, 6.07) is 3.92. The number of aromatic nitrogens is 1. The second-order valence-corrected chi connectivity index (χ2v) is 6.93. The molecule has 2 unspecified atom stereocenters. The van der Waals surface area contributed by atoms with Crippen molar-refractivity contribution in [2.24, 2.45) is 11.7 Å². The molecule has 0 bridgehead atoms. The van der Waals surface area contributed by atoms with E-state index in [1.807, 2.05) is 0 Å². The van der Waals surface area contributed by atoms with Gasteiger partial charge in [-0.3, -0.25) is 4.79 Å². The molecular weight excluding hydrogens is 356 g/mol. The lowest BCUT2D eigenvalue weighted by molar-refractivity contribution is -0.119. The van der Waals surface area contributed by atoms with Crippen LogP contribution < -0.4 is 11.1 Å². The van der Waals surface area contributed by atoms with Gasteiger partial charge in [-0.2, -0.15) is 0 Å². The van der Waals surface area contributed by atoms with Gasteiger partial charge in [0.25, 0.3) is 0 Å². The maximum Gasteiger partial charge on any atom is 0.229 e. The highest BCUT2D eigenvalue weighted by Gasteiger charge is 2.28. The Morgan fingerprint density at radius 3 is 2.79 bits per heavy atom. The third kappa shape index (κ3) is 4.49. The van der Waals surface area contributed by atoms with Gasteiger partial charge in [-0.15, -0.1) is 23.7 Å². The molecule has 24 heavy (non-hydrogen) atoms. The van der Waals surface area contributed by atoms with Crippen LogP contribution >= 0.6 is 23.7 Å². The molecular formula is C16H18ClF2N3OS. The highest BCUT2D eigenvalue weighted by atomic mass is 35.5. The van der Waals surface area contributed by atoms with E-state index in [0.29, 0.717) is 23.5 Å². The Morgan fingerprint density at radius 2 is 2.12 bits per heavy atom. The first-order valence-corrected chi connectivity index (χ1v) is 8.28. The Labute approximate surface area is 148 Å². The van der Waals surface area contributed by atoms with Gasteiger partial charge in [-0.1, -0.05) is 6.07 Å². The van der Waals surface area contributed by atoms with Crippen LogP contribution in [0.1, 0.15) is 29.7 Å². The van der Waals surface area contributed by atoms with E-state index in [9.17, 15) is 13.6 Å². The maximum absolute atomic E-state index is 13.2. The number of hydrogen-bond acceptors (Lipinski definition) is 4. The lowest BCUT2D eigenvalue weighted by atomic mass is 10.1. The maximum atomic E-state index is 13.2. The molecule has 1 aliphatic rings. The van der Waals surface area contributed by atoms with Crippen LogP contribution in [0.4, 0.5) is 13.9 Å². The summed E-state index contributed by atoms with van der Waals surface area (Å²) in [5.74, 6) is -1.82. The minimum atomic E-state index is -0.863. The van der Waals surface area contributed by atoms with Crippen LogP contribution in [0.3, 0.4) is 0 Å². The summed E-state index contributed by atoms with van der Waals surface area (Å²) in [5, 5.41) is 3.33. The molecule has 0 saturated heterocycles. The van der Waals surface area contributed by atoms with E-state index in [0.717, 1.165) is 23.8 Å². The van der Waals surface area contributed by atoms with Gasteiger partial charge in [0.05, 0.1) is 0 Å². The molecule has 1 aromatic carbocycles. The lowest BCUT2D eigenvalue weighted by Gasteiger charge is -2.08. The number of carbonyl (C=O) groups excluding carboxylic acids is 1. The standard InChI is InChI=1S/C16H17F2N3OS.ClH/c17-13-4-1-9(6-14(13)18)5-12-8-20-16(23-12)21-15(22)10-2-3-11(19)7-10;/h1,4,6,8,10-11H,2-3,5,7,19H2,(H,20,21,22);1H. The Balaban J connectivity index is 0.00000208. The predicted octanol–water partition coefficient (Wildman–Crippen LogP) is 3.50. The average Bonchev–Trinajstić information content (AvgIpc) is 3.12. The van der Waals surface area contributed by atoms with Gasteiger partial charge in [0.1, 0.15) is 0 Å². The molecule has 1 amide bonds. The molecule has 3 rings (SSSR count). The van der Waals surface area contributed by atoms with E-state index in [-0.39, 0.29) is 30.3 Å². The van der Waals surface area contributed by atoms with Crippen LogP contribution in [0.5, 0.6) is 0 Å². The number of thiazole rings is 1. The van der Waals surface area contributed by atoms with Gasteiger partial charge >= 0.3 is 0 Å². The van der Waals surface area contributed by atoms with Gasteiger partial charge in [0.2, 0.25) is 5.91 Å². The molecule has 4 nitrogen and oxygen atoms in total. The van der Waals surface area contributed by atoms with E-state index in [2.05, 4.69) is 10.3 Å². The SMILES string of the molecule is Cl.NC1CCC(C(=O)Nc2ncc(Cc3ccc(F)c(F)c3)s2)C1. The van der Waals surface area contributed by atoms with Gasteiger partial charge in [0, 0.05) is 29.5 Å². The summed E-state index contributed by atoms with van der Waals surface area (Å²) < 4.78 is 26.1. The van der Waals surface area contributed by atoms with Crippen molar-refractivity contribution in [1.82, 2.24) is 4.98 Å². The van der Waals surface area contributed by atoms with Gasteiger partial charge in [0.15, 0.2) is 16.8 Å². The topological polar surface area (TPSA) is 68.0 Å². The molecule has 0 spiro atoms. The zero-order chi connectivity index (χ0) is 16.4. The monoisotopic (exact) mass is 373 g/mol. The van der Waals surface area contributed by atoms with Crippen LogP contribution in [0.25, 0.3) is 0 Å². The number of nitrogens with one attached hydrogen (secondary N) is 1. The van der Waals surface area contributed by atoms with Crippen LogP contribution in [0, 0.1) is 17.6 Å². The number of nitrogens with zero attached hydrogens (tertiary/aromatic N) is 1. The van der Waals surface area contributed by atoms with Crippen molar-refractivity contribution in [2.45, 2.75) is 31.7 Å². The Hall–Kier alpha value is -1.57. The van der Waals surface area contributed by atoms with Crippen LogP contribution in [0.15, 0.2) is 24.4 Å². The number of benzene rings is 1. The largest absolute Gasteiger partial charge is 0.328 e. The molecule has 1 saturated carbocycles. The number of carbonyl (C=O) groups is 1. The molecule has 1 heterocycles. The number of nitrogens with two attached hydrogens (primary N) is 1. The van der Waals surface area contributed by atoms with Crippen molar-refractivity contribution in [3.8, 4) is 0 Å². The molecule has 1 aliphatic carbocycles. The van der Waals surface area contributed by atoms with E-state index in [4.69, 9.17) is 5.73 Å². The van der Waals surface area contributed by atoms with E-state index in [1.54, 1.807) is 6.20 Å². The van der Waals surface area contributed by atoms with Crippen molar-refractivity contribution in [3.63, 3.8) is 0 Å². The van der Waals surface area contributed by atoms with Crippen molar-refractivity contribution in [1.29, 1.82) is 0 Å². The smallest absolute Gasteiger partial charge is 0.229 e. The minimum absolute atomic E-state index is 0. The third-order valence-electron chi connectivity index (χ3n) is 3.99. The molecule has 3 N–H and O–H groups in total. The fourth-order valence-electron chi connectivity index (χ4n) is 2.76. The van der Waals surface area contributed by atoms with Crippen molar-refractivity contribution in [2.75, 3.05) is 5.32 Å². The molecule has 2 atom stereocenters. The quantitative estimate of drug-likeness (QED) is 0.861. The van der Waals surface area contributed by atoms with E-state index in [1.165, 1.54) is 23.5 Å². The number of rotatable bonds is 4. The van der Waals surface area contributed by atoms with Gasteiger partial charge in [-0.05, 0) is 37.0 Å². The minimum Gasteiger partial charge on any atom is -0.328 e. The number of amides is 1. The van der Waals surface area contributed by atoms with Crippen molar-refractivity contribution < 1.29 is 13.6 Å². The van der Waals surface area contributed by atoms with E-state index < -0.39 is 11.6 Å². The second-order valence-electron chi connectivity index (χ2n) is 5.82. The molecule has 8 heteroatoms. The molecule has 0 aliphatic heterocycles. The fourth-order valence-corrected chi connectivity index (χ4v) is 3.61. The zero-order valence-corrected chi connectivity index (χ0v) is 14.4. The fraction of sp³-hybridized carbons (Fsp3) is 0.375. The van der Waals surface area contributed by atoms with Crippen LogP contribution in [-0.2, 0) is 11.2 Å². The summed E-state index contributed by atoms with van der Waals surface area (Å²) in [5.41, 5.74) is 6.48. The highest BCUT2D eigenvalue weighted by Crippen LogP contribution is 2.27. The highest BCUT2D eigenvalue weighted by molar-refractivity contribution is 7.15. The summed E-state index contributed by atoms with van der Waals surface area (Å²) in [6.07, 6.45) is 4.47. The summed E-state index contributed by atoms with van der Waals surface area (Å²) in [7, 11) is 0. The molecule has 1 aromatic heterocycles.